The fourth-order valence-corrected chi connectivity index (χ4v) is 3.51. The molecule has 0 bridgehead atoms. The first-order chi connectivity index (χ1) is 9.08. The molecule has 1 amide bonds. The van der Waals surface area contributed by atoms with Crippen molar-refractivity contribution in [3.05, 3.63) is 31.6 Å². The number of amides is 1. The third-order valence-corrected chi connectivity index (χ3v) is 4.28. The van der Waals surface area contributed by atoms with Crippen molar-refractivity contribution < 1.29 is 4.79 Å². The lowest BCUT2D eigenvalue weighted by molar-refractivity contribution is -0.131. The molecule has 2 rings (SSSR count). The Bertz CT molecular complexity index is 520. The maximum absolute atomic E-state index is 12.2. The Kier molecular flexibility index (Phi) is 5.21. The summed E-state index contributed by atoms with van der Waals surface area (Å²) in [5.74, 6) is 0.0222. The number of halogens is 2. The van der Waals surface area contributed by atoms with Gasteiger partial charge in [-0.05, 0) is 50.8 Å². The van der Waals surface area contributed by atoms with Crippen LogP contribution < -0.4 is 5.56 Å². The molecule has 1 fully saturated rings. The van der Waals surface area contributed by atoms with Gasteiger partial charge in [-0.1, -0.05) is 12.8 Å². The van der Waals surface area contributed by atoms with E-state index in [-0.39, 0.29) is 18.0 Å². The topological polar surface area (TPSA) is 42.3 Å². The van der Waals surface area contributed by atoms with Crippen molar-refractivity contribution in [1.82, 2.24) is 9.47 Å². The first kappa shape index (κ1) is 14.8. The summed E-state index contributed by atoms with van der Waals surface area (Å²) in [4.78, 5) is 26.0. The highest BCUT2D eigenvalue weighted by atomic mass is 79.9. The van der Waals surface area contributed by atoms with Gasteiger partial charge in [0.1, 0.15) is 6.54 Å². The number of nitrogens with zero attached hydrogens (tertiary/aromatic N) is 2. The van der Waals surface area contributed by atoms with E-state index >= 15 is 0 Å². The lowest BCUT2D eigenvalue weighted by atomic mass is 10.2. The molecule has 0 aliphatic carbocycles. The van der Waals surface area contributed by atoms with Crippen molar-refractivity contribution in [2.75, 3.05) is 13.1 Å². The van der Waals surface area contributed by atoms with Gasteiger partial charge in [0.2, 0.25) is 5.91 Å². The second-order valence-corrected chi connectivity index (χ2v) is 6.50. The molecule has 0 unspecified atom stereocenters. The molecule has 0 aromatic carbocycles. The molecule has 0 N–H and O–H groups in total. The Balaban J connectivity index is 2.12. The molecule has 1 aromatic heterocycles. The summed E-state index contributed by atoms with van der Waals surface area (Å²) in [6.45, 7) is 1.72. The van der Waals surface area contributed by atoms with Crippen LogP contribution in [-0.4, -0.2) is 28.5 Å². The molecule has 0 saturated carbocycles. The van der Waals surface area contributed by atoms with Crippen molar-refractivity contribution in [2.45, 2.75) is 32.2 Å². The molecule has 0 radical (unpaired) electrons. The number of hydrogen-bond donors (Lipinski definition) is 0. The molecule has 0 atom stereocenters. The van der Waals surface area contributed by atoms with E-state index in [4.69, 9.17) is 0 Å². The van der Waals surface area contributed by atoms with E-state index in [1.807, 2.05) is 4.90 Å². The van der Waals surface area contributed by atoms with Crippen LogP contribution in [0.2, 0.25) is 0 Å². The molecule has 104 valence electrons. The molecule has 2 heterocycles. The minimum absolute atomic E-state index is 0.0222. The number of carbonyl (C=O) groups excluding carboxylic acids is 1. The summed E-state index contributed by atoms with van der Waals surface area (Å²) in [5.41, 5.74) is -0.175. The minimum Gasteiger partial charge on any atom is -0.341 e. The van der Waals surface area contributed by atoms with Crippen molar-refractivity contribution in [2.24, 2.45) is 0 Å². The van der Waals surface area contributed by atoms with Gasteiger partial charge in [-0.15, -0.1) is 0 Å². The van der Waals surface area contributed by atoms with E-state index in [9.17, 15) is 9.59 Å². The van der Waals surface area contributed by atoms with Crippen LogP contribution in [0.3, 0.4) is 0 Å². The van der Waals surface area contributed by atoms with E-state index in [2.05, 4.69) is 31.9 Å². The molecule has 1 saturated heterocycles. The number of rotatable bonds is 2. The van der Waals surface area contributed by atoms with Crippen LogP contribution in [0.4, 0.5) is 0 Å². The minimum atomic E-state index is -0.175. The number of pyridine rings is 1. The van der Waals surface area contributed by atoms with Crippen molar-refractivity contribution in [3.8, 4) is 0 Å². The first-order valence-corrected chi connectivity index (χ1v) is 8.00. The smallest absolute Gasteiger partial charge is 0.265 e. The maximum atomic E-state index is 12.2. The molecular formula is C13H16Br2N2O2. The summed E-state index contributed by atoms with van der Waals surface area (Å²) in [5, 5.41) is 0. The fraction of sp³-hybridized carbons (Fsp3) is 0.538. The van der Waals surface area contributed by atoms with Crippen molar-refractivity contribution in [3.63, 3.8) is 0 Å². The molecule has 1 aliphatic rings. The van der Waals surface area contributed by atoms with Gasteiger partial charge >= 0.3 is 0 Å². The van der Waals surface area contributed by atoms with Crippen molar-refractivity contribution >= 4 is 37.8 Å². The molecule has 6 heteroatoms. The fourth-order valence-electron chi connectivity index (χ4n) is 2.25. The zero-order chi connectivity index (χ0) is 13.8. The SMILES string of the molecule is O=C(Cn1cc(Br)cc(Br)c1=O)N1CCCCCC1. The highest BCUT2D eigenvalue weighted by molar-refractivity contribution is 9.11. The Morgan fingerprint density at radius 2 is 1.79 bits per heavy atom. The highest BCUT2D eigenvalue weighted by Crippen LogP contribution is 2.14. The Morgan fingerprint density at radius 3 is 2.42 bits per heavy atom. The van der Waals surface area contributed by atoms with Crippen LogP contribution in [0.25, 0.3) is 0 Å². The maximum Gasteiger partial charge on any atom is 0.265 e. The second-order valence-electron chi connectivity index (χ2n) is 4.73. The molecule has 0 spiro atoms. The van der Waals surface area contributed by atoms with E-state index in [0.717, 1.165) is 30.4 Å². The Labute approximate surface area is 129 Å². The lowest BCUT2D eigenvalue weighted by Crippen LogP contribution is -2.37. The van der Waals surface area contributed by atoms with Crippen LogP contribution in [-0.2, 0) is 11.3 Å². The molecular weight excluding hydrogens is 376 g/mol. The van der Waals surface area contributed by atoms with Crippen molar-refractivity contribution in [1.29, 1.82) is 0 Å². The number of likely N-dealkylation sites (tertiary alicyclic amines) is 1. The standard InChI is InChI=1S/C13H16Br2N2O2/c14-10-7-11(15)13(19)17(8-10)9-12(18)16-5-3-1-2-4-6-16/h7-8H,1-6,9H2. The summed E-state index contributed by atoms with van der Waals surface area (Å²) in [6.07, 6.45) is 6.15. The largest absolute Gasteiger partial charge is 0.341 e. The van der Waals surface area contributed by atoms with Crippen LogP contribution >= 0.6 is 31.9 Å². The van der Waals surface area contributed by atoms with Gasteiger partial charge in [0, 0.05) is 23.8 Å². The molecule has 1 aromatic rings. The Hall–Kier alpha value is -0.620. The molecule has 1 aliphatic heterocycles. The predicted molar refractivity (Wildman–Crippen MR) is 81.2 cm³/mol. The van der Waals surface area contributed by atoms with E-state index < -0.39 is 0 Å². The number of carbonyl (C=O) groups is 1. The van der Waals surface area contributed by atoms with E-state index in [1.54, 1.807) is 12.3 Å². The van der Waals surface area contributed by atoms with Gasteiger partial charge < -0.3 is 9.47 Å². The third kappa shape index (κ3) is 3.92. The first-order valence-electron chi connectivity index (χ1n) is 6.41. The predicted octanol–water partition coefficient (Wildman–Crippen LogP) is 2.78. The summed E-state index contributed by atoms with van der Waals surface area (Å²) < 4.78 is 2.69. The van der Waals surface area contributed by atoms with Gasteiger partial charge in [0.05, 0.1) is 4.47 Å². The van der Waals surface area contributed by atoms with Gasteiger partial charge in [0.25, 0.3) is 5.56 Å². The van der Waals surface area contributed by atoms with Gasteiger partial charge in [-0.2, -0.15) is 0 Å². The van der Waals surface area contributed by atoms with Crippen LogP contribution in [0.5, 0.6) is 0 Å². The van der Waals surface area contributed by atoms with Gasteiger partial charge in [0.15, 0.2) is 0 Å². The average molecular weight is 392 g/mol. The van der Waals surface area contributed by atoms with Crippen LogP contribution in [0.15, 0.2) is 26.0 Å². The van der Waals surface area contributed by atoms with Gasteiger partial charge in [-0.25, -0.2) is 0 Å². The van der Waals surface area contributed by atoms with Crippen LogP contribution in [0, 0.1) is 0 Å². The van der Waals surface area contributed by atoms with E-state index in [1.165, 1.54) is 17.4 Å². The quantitative estimate of drug-likeness (QED) is 0.777. The number of hydrogen-bond acceptors (Lipinski definition) is 2. The molecule has 19 heavy (non-hydrogen) atoms. The highest BCUT2D eigenvalue weighted by Gasteiger charge is 2.16. The summed E-state index contributed by atoms with van der Waals surface area (Å²) in [6, 6.07) is 1.69. The summed E-state index contributed by atoms with van der Waals surface area (Å²) >= 11 is 6.54. The number of aromatic nitrogens is 1. The third-order valence-electron chi connectivity index (χ3n) is 3.27. The Morgan fingerprint density at radius 1 is 1.16 bits per heavy atom. The normalized spacial score (nSPS) is 16.2. The van der Waals surface area contributed by atoms with E-state index in [0.29, 0.717) is 4.47 Å². The monoisotopic (exact) mass is 390 g/mol. The molecule has 4 nitrogen and oxygen atoms in total. The van der Waals surface area contributed by atoms with Crippen LogP contribution in [0.1, 0.15) is 25.7 Å². The zero-order valence-corrected chi connectivity index (χ0v) is 13.7. The summed E-state index contributed by atoms with van der Waals surface area (Å²) in [7, 11) is 0. The average Bonchev–Trinajstić information content (AvgIpc) is 2.64. The second kappa shape index (κ2) is 6.70. The lowest BCUT2D eigenvalue weighted by Gasteiger charge is -2.20. The van der Waals surface area contributed by atoms with Gasteiger partial charge in [-0.3, -0.25) is 9.59 Å². The zero-order valence-electron chi connectivity index (χ0n) is 10.6.